The number of anilines is 1. The number of hydrogen-bond acceptors (Lipinski definition) is 9. The van der Waals surface area contributed by atoms with Crippen LogP contribution in [0.15, 0.2) is 52.5 Å². The fourth-order valence-electron chi connectivity index (χ4n) is 6.55. The maximum Gasteiger partial charge on any atom is 0.260 e. The van der Waals surface area contributed by atoms with Gasteiger partial charge in [-0.15, -0.1) is 0 Å². The second-order valence-corrected chi connectivity index (χ2v) is 11.9. The minimum absolute atomic E-state index is 0.00693. The summed E-state index contributed by atoms with van der Waals surface area (Å²) in [6.45, 7) is 10.5. The van der Waals surface area contributed by atoms with Gasteiger partial charge in [-0.3, -0.25) is 9.69 Å². The van der Waals surface area contributed by atoms with Crippen molar-refractivity contribution >= 4 is 18.1 Å². The summed E-state index contributed by atoms with van der Waals surface area (Å²) in [6.07, 6.45) is 10.9. The number of nitrogens with zero attached hydrogens (tertiary/aromatic N) is 6. The van der Waals surface area contributed by atoms with Crippen molar-refractivity contribution in [2.75, 3.05) is 31.9 Å². The number of allylic oxidation sites excluding steroid dienone is 1. The summed E-state index contributed by atoms with van der Waals surface area (Å²) in [5.74, 6) is 0.631. The molecule has 43 heavy (non-hydrogen) atoms. The van der Waals surface area contributed by atoms with Crippen molar-refractivity contribution < 1.29 is 9.18 Å². The van der Waals surface area contributed by atoms with E-state index in [2.05, 4.69) is 51.7 Å². The number of amides is 1. The molecule has 0 aromatic carbocycles. The van der Waals surface area contributed by atoms with Crippen LogP contribution in [0, 0.1) is 0 Å². The van der Waals surface area contributed by atoms with E-state index in [1.165, 1.54) is 0 Å². The van der Waals surface area contributed by atoms with Crippen LogP contribution in [-0.4, -0.2) is 86.8 Å². The van der Waals surface area contributed by atoms with Crippen molar-refractivity contribution in [2.24, 2.45) is 16.5 Å². The number of aromatic nitrogens is 2. The molecule has 6 N–H and O–H groups in total. The van der Waals surface area contributed by atoms with Gasteiger partial charge in [0, 0.05) is 87.9 Å². The zero-order valence-corrected chi connectivity index (χ0v) is 25.8. The SMILES string of the molecule is C=C=C=C(CC)CC(N)C(CC)N(C1=C(N)CCC=N1)C1CCN(C(=O)C2(F)CCN(Cc3cnc(N)nc3)CC2)CC1. The van der Waals surface area contributed by atoms with Crippen LogP contribution >= 0.6 is 0 Å². The van der Waals surface area contributed by atoms with Gasteiger partial charge in [-0.25, -0.2) is 19.4 Å². The molecule has 1 amide bonds. The summed E-state index contributed by atoms with van der Waals surface area (Å²) in [5.41, 5.74) is 25.8. The third kappa shape index (κ3) is 7.92. The lowest BCUT2D eigenvalue weighted by molar-refractivity contribution is -0.149. The van der Waals surface area contributed by atoms with Crippen LogP contribution in [0.5, 0.6) is 0 Å². The second-order valence-electron chi connectivity index (χ2n) is 11.9. The molecule has 234 valence electrons. The average Bonchev–Trinajstić information content (AvgIpc) is 3.02. The van der Waals surface area contributed by atoms with Gasteiger partial charge in [-0.1, -0.05) is 25.3 Å². The van der Waals surface area contributed by atoms with Crippen molar-refractivity contribution in [3.63, 3.8) is 0 Å². The Morgan fingerprint density at radius 2 is 1.86 bits per heavy atom. The third-order valence-electron chi connectivity index (χ3n) is 9.04. The monoisotopic (exact) mass is 593 g/mol. The van der Waals surface area contributed by atoms with Gasteiger partial charge in [0.2, 0.25) is 5.95 Å². The molecule has 3 aliphatic rings. The van der Waals surface area contributed by atoms with E-state index in [-0.39, 0.29) is 42.8 Å². The molecule has 11 heteroatoms. The van der Waals surface area contributed by atoms with Gasteiger partial charge < -0.3 is 27.0 Å². The normalized spacial score (nSPS) is 20.7. The number of aliphatic imine (C=N–C) groups is 1. The minimum Gasteiger partial charge on any atom is -0.399 e. The Bertz CT molecular complexity index is 1250. The van der Waals surface area contributed by atoms with Crippen molar-refractivity contribution in [3.8, 4) is 0 Å². The predicted octanol–water partition coefficient (Wildman–Crippen LogP) is 3.42. The summed E-state index contributed by atoms with van der Waals surface area (Å²) in [7, 11) is 0. The molecular weight excluding hydrogens is 545 g/mol. The molecule has 0 radical (unpaired) electrons. The Hall–Kier alpha value is -3.49. The van der Waals surface area contributed by atoms with Gasteiger partial charge in [-0.2, -0.15) is 0 Å². The molecular formula is C32H48FN9O. The predicted molar refractivity (Wildman–Crippen MR) is 168 cm³/mol. The van der Waals surface area contributed by atoms with E-state index in [1.807, 2.05) is 6.21 Å². The van der Waals surface area contributed by atoms with E-state index in [4.69, 9.17) is 22.2 Å². The maximum absolute atomic E-state index is 16.1. The van der Waals surface area contributed by atoms with Crippen molar-refractivity contribution in [1.29, 1.82) is 0 Å². The number of carbonyl (C=O) groups is 1. The van der Waals surface area contributed by atoms with Gasteiger partial charge in [0.05, 0.1) is 5.70 Å². The van der Waals surface area contributed by atoms with Crippen LogP contribution < -0.4 is 17.2 Å². The zero-order chi connectivity index (χ0) is 31.0. The van der Waals surface area contributed by atoms with Crippen molar-refractivity contribution in [3.05, 3.63) is 53.1 Å². The Morgan fingerprint density at radius 3 is 2.44 bits per heavy atom. The van der Waals surface area contributed by atoms with Gasteiger partial charge in [0.25, 0.3) is 5.91 Å². The number of hydrogen-bond donors (Lipinski definition) is 3. The van der Waals surface area contributed by atoms with E-state index >= 15 is 4.39 Å². The number of alkyl halides is 1. The fraction of sp³-hybridized carbons (Fsp3) is 0.625. The van der Waals surface area contributed by atoms with Crippen LogP contribution in [0.2, 0.25) is 0 Å². The maximum atomic E-state index is 16.1. The Labute approximate surface area is 255 Å². The fourth-order valence-corrected chi connectivity index (χ4v) is 6.55. The molecule has 0 aliphatic carbocycles. The van der Waals surface area contributed by atoms with Crippen LogP contribution in [0.1, 0.15) is 77.2 Å². The number of halogens is 1. The minimum atomic E-state index is -1.85. The topological polar surface area (TPSA) is 143 Å². The smallest absolute Gasteiger partial charge is 0.260 e. The first kappa shape index (κ1) is 32.4. The van der Waals surface area contributed by atoms with Gasteiger partial charge in [0.1, 0.15) is 5.82 Å². The van der Waals surface area contributed by atoms with Crippen LogP contribution in [0.4, 0.5) is 10.3 Å². The summed E-state index contributed by atoms with van der Waals surface area (Å²) < 4.78 is 16.1. The van der Waals surface area contributed by atoms with Crippen LogP contribution in [0.3, 0.4) is 0 Å². The summed E-state index contributed by atoms with van der Waals surface area (Å²) in [4.78, 5) is 32.5. The molecule has 2 fully saturated rings. The van der Waals surface area contributed by atoms with Gasteiger partial charge in [-0.05, 0) is 57.1 Å². The first-order valence-electron chi connectivity index (χ1n) is 15.6. The number of rotatable bonds is 11. The quantitative estimate of drug-likeness (QED) is 0.331. The molecule has 10 nitrogen and oxygen atoms in total. The molecule has 3 aliphatic heterocycles. The highest BCUT2D eigenvalue weighted by molar-refractivity contribution is 5.85. The van der Waals surface area contributed by atoms with Crippen molar-refractivity contribution in [1.82, 2.24) is 24.7 Å². The molecule has 1 aromatic heterocycles. The van der Waals surface area contributed by atoms with Gasteiger partial charge in [0.15, 0.2) is 5.67 Å². The number of nitrogens with two attached hydrogens (primary N) is 3. The standard InChI is InChI=1S/C32H48FN9O/c1-4-8-23(5-2)19-27(35)28(6-3)42(29-26(34)9-7-14-37-29)25-10-15-41(16-11-25)30(43)32(33)12-17-40(18-13-32)22-24-20-38-31(36)39-21-24/h14,20-21,25,27-28H,1,5-7,9-13,15-19,22,34-35H2,2-3H3,(H2,36,38,39). The van der Waals surface area contributed by atoms with E-state index in [9.17, 15) is 4.79 Å². The lowest BCUT2D eigenvalue weighted by Gasteiger charge is -2.47. The van der Waals surface area contributed by atoms with Crippen molar-refractivity contribution in [2.45, 2.75) is 102 Å². The largest absolute Gasteiger partial charge is 0.399 e. The summed E-state index contributed by atoms with van der Waals surface area (Å²) in [5, 5.41) is 0. The number of carbonyl (C=O) groups excluding carboxylic acids is 1. The lowest BCUT2D eigenvalue weighted by atomic mass is 9.89. The molecule has 2 atom stereocenters. The molecule has 0 spiro atoms. The Morgan fingerprint density at radius 1 is 1.19 bits per heavy atom. The number of piperidine rings is 2. The summed E-state index contributed by atoms with van der Waals surface area (Å²) >= 11 is 0. The second kappa shape index (κ2) is 14.8. The highest BCUT2D eigenvalue weighted by Gasteiger charge is 2.45. The Balaban J connectivity index is 1.42. The van der Waals surface area contributed by atoms with E-state index in [0.29, 0.717) is 52.0 Å². The van der Waals surface area contributed by atoms with Gasteiger partial charge >= 0.3 is 0 Å². The first-order chi connectivity index (χ1) is 20.7. The summed E-state index contributed by atoms with van der Waals surface area (Å²) in [6, 6.07) is -0.0862. The highest BCUT2D eigenvalue weighted by Crippen LogP contribution is 2.34. The molecule has 2 unspecified atom stereocenters. The molecule has 1 aromatic rings. The molecule has 4 rings (SSSR count). The zero-order valence-electron chi connectivity index (χ0n) is 25.8. The number of likely N-dealkylation sites (tertiary alicyclic amines) is 2. The van der Waals surface area contributed by atoms with E-state index < -0.39 is 5.67 Å². The molecule has 0 saturated carbocycles. The molecule has 4 heterocycles. The van der Waals surface area contributed by atoms with E-state index in [0.717, 1.165) is 48.3 Å². The van der Waals surface area contributed by atoms with E-state index in [1.54, 1.807) is 17.3 Å². The number of nitrogen functional groups attached to an aromatic ring is 1. The average molecular weight is 594 g/mol. The van der Waals surface area contributed by atoms with Crippen LogP contribution in [0.25, 0.3) is 0 Å². The lowest BCUT2D eigenvalue weighted by Crippen LogP contribution is -2.58. The highest BCUT2D eigenvalue weighted by atomic mass is 19.1. The molecule has 0 bridgehead atoms. The van der Waals surface area contributed by atoms with Crippen LogP contribution in [-0.2, 0) is 11.3 Å². The molecule has 2 saturated heterocycles. The Kier molecular flexibility index (Phi) is 11.2. The third-order valence-corrected chi connectivity index (χ3v) is 9.04. The first-order valence-corrected chi connectivity index (χ1v) is 15.6.